The normalized spacial score (nSPS) is 11.4. The molecule has 0 aliphatic heterocycles. The fourth-order valence-corrected chi connectivity index (χ4v) is 1.32. The highest BCUT2D eigenvalue weighted by Gasteiger charge is 2.19. The highest BCUT2D eigenvalue weighted by atomic mass is 16.4. The zero-order chi connectivity index (χ0) is 13.5. The third kappa shape index (κ3) is 4.37. The van der Waals surface area contributed by atoms with Crippen molar-refractivity contribution in [3.8, 4) is 0 Å². The summed E-state index contributed by atoms with van der Waals surface area (Å²) in [6.07, 6.45) is 5.03. The van der Waals surface area contributed by atoms with Gasteiger partial charge in [-0.2, -0.15) is 0 Å². The molecule has 0 aromatic carbocycles. The van der Waals surface area contributed by atoms with Crippen LogP contribution in [0.15, 0.2) is 36.2 Å². The van der Waals surface area contributed by atoms with Gasteiger partial charge in [0.25, 0.3) is 5.91 Å². The van der Waals surface area contributed by atoms with E-state index in [1.807, 2.05) is 13.8 Å². The van der Waals surface area contributed by atoms with Crippen LogP contribution in [-0.4, -0.2) is 28.0 Å². The smallest absolute Gasteiger partial charge is 0.326 e. The van der Waals surface area contributed by atoms with Gasteiger partial charge in [0.2, 0.25) is 0 Å². The van der Waals surface area contributed by atoms with Crippen LogP contribution < -0.4 is 5.32 Å². The molecule has 0 saturated heterocycles. The number of carbonyl (C=O) groups is 2. The highest BCUT2D eigenvalue weighted by Crippen LogP contribution is 2.02. The molecule has 0 fully saturated rings. The summed E-state index contributed by atoms with van der Waals surface area (Å²) < 4.78 is 0. The second-order valence-corrected chi connectivity index (χ2v) is 4.12. The van der Waals surface area contributed by atoms with E-state index in [9.17, 15) is 9.59 Å². The van der Waals surface area contributed by atoms with Gasteiger partial charge in [-0.05, 0) is 32.4 Å². The van der Waals surface area contributed by atoms with Crippen LogP contribution in [0.2, 0.25) is 0 Å². The van der Waals surface area contributed by atoms with Crippen LogP contribution in [0.1, 0.15) is 30.6 Å². The SMILES string of the molecule is CC(C)=CC[C@H](NC(=O)c1ccncc1)C(=O)O. The summed E-state index contributed by atoms with van der Waals surface area (Å²) in [7, 11) is 0. The Kier molecular flexibility index (Phi) is 5.05. The molecule has 1 amide bonds. The number of aromatic nitrogens is 1. The van der Waals surface area contributed by atoms with Crippen molar-refractivity contribution in [2.24, 2.45) is 0 Å². The Balaban J connectivity index is 2.70. The van der Waals surface area contributed by atoms with Crippen LogP contribution in [0, 0.1) is 0 Å². The summed E-state index contributed by atoms with van der Waals surface area (Å²) in [4.78, 5) is 26.6. The van der Waals surface area contributed by atoms with E-state index in [0.29, 0.717) is 5.56 Å². The molecule has 2 N–H and O–H groups in total. The quantitative estimate of drug-likeness (QED) is 0.776. The molecule has 0 bridgehead atoms. The molecule has 1 heterocycles. The first-order valence-corrected chi connectivity index (χ1v) is 5.57. The molecular formula is C13H16N2O3. The van der Waals surface area contributed by atoms with Gasteiger partial charge in [-0.15, -0.1) is 0 Å². The van der Waals surface area contributed by atoms with Gasteiger partial charge in [-0.3, -0.25) is 9.78 Å². The third-order valence-electron chi connectivity index (χ3n) is 2.31. The van der Waals surface area contributed by atoms with Crippen molar-refractivity contribution in [1.29, 1.82) is 0 Å². The van der Waals surface area contributed by atoms with Crippen molar-refractivity contribution < 1.29 is 14.7 Å². The monoisotopic (exact) mass is 248 g/mol. The van der Waals surface area contributed by atoms with Crippen molar-refractivity contribution >= 4 is 11.9 Å². The molecule has 0 aliphatic carbocycles. The van der Waals surface area contributed by atoms with Crippen LogP contribution in [0.5, 0.6) is 0 Å². The Morgan fingerprint density at radius 2 is 2.00 bits per heavy atom. The van der Waals surface area contributed by atoms with Crippen LogP contribution in [0.3, 0.4) is 0 Å². The first-order chi connectivity index (χ1) is 8.50. The Hall–Kier alpha value is -2.17. The maximum absolute atomic E-state index is 11.8. The molecule has 0 aliphatic rings. The molecule has 0 radical (unpaired) electrons. The first kappa shape index (κ1) is 13.9. The van der Waals surface area contributed by atoms with Gasteiger partial charge in [-0.25, -0.2) is 4.79 Å². The predicted molar refractivity (Wildman–Crippen MR) is 67.2 cm³/mol. The lowest BCUT2D eigenvalue weighted by Gasteiger charge is -2.12. The number of carboxylic acids is 1. The number of amides is 1. The van der Waals surface area contributed by atoms with E-state index in [1.54, 1.807) is 6.08 Å². The first-order valence-electron chi connectivity index (χ1n) is 5.57. The molecule has 1 atom stereocenters. The molecule has 96 valence electrons. The largest absolute Gasteiger partial charge is 0.480 e. The summed E-state index contributed by atoms with van der Waals surface area (Å²) in [6, 6.07) is 2.16. The summed E-state index contributed by atoms with van der Waals surface area (Å²) in [5, 5.41) is 11.5. The fourth-order valence-electron chi connectivity index (χ4n) is 1.32. The zero-order valence-corrected chi connectivity index (χ0v) is 10.4. The van der Waals surface area contributed by atoms with E-state index >= 15 is 0 Å². The van der Waals surface area contributed by atoms with Crippen molar-refractivity contribution in [3.63, 3.8) is 0 Å². The minimum atomic E-state index is -1.05. The standard InChI is InChI=1S/C13H16N2O3/c1-9(2)3-4-11(13(17)18)15-12(16)10-5-7-14-8-6-10/h3,5-8,11H,4H2,1-2H3,(H,15,16)(H,17,18)/t11-/m0/s1. The van der Waals surface area contributed by atoms with Crippen LogP contribution in [0.4, 0.5) is 0 Å². The van der Waals surface area contributed by atoms with Gasteiger partial charge in [0.1, 0.15) is 6.04 Å². The number of pyridine rings is 1. The molecule has 0 spiro atoms. The number of hydrogen-bond donors (Lipinski definition) is 2. The number of aliphatic carboxylic acids is 1. The van der Waals surface area contributed by atoms with E-state index < -0.39 is 17.9 Å². The lowest BCUT2D eigenvalue weighted by Crippen LogP contribution is -2.40. The van der Waals surface area contributed by atoms with E-state index in [4.69, 9.17) is 5.11 Å². The molecule has 5 heteroatoms. The lowest BCUT2D eigenvalue weighted by atomic mass is 10.1. The number of nitrogens with zero attached hydrogens (tertiary/aromatic N) is 1. The average Bonchev–Trinajstić information content (AvgIpc) is 2.34. The Labute approximate surface area is 106 Å². The zero-order valence-electron chi connectivity index (χ0n) is 10.4. The van der Waals surface area contributed by atoms with Crippen LogP contribution >= 0.6 is 0 Å². The maximum Gasteiger partial charge on any atom is 0.326 e. The fraction of sp³-hybridized carbons (Fsp3) is 0.308. The molecule has 0 unspecified atom stereocenters. The van der Waals surface area contributed by atoms with Crippen LogP contribution in [0.25, 0.3) is 0 Å². The minimum absolute atomic E-state index is 0.272. The van der Waals surface area contributed by atoms with Crippen LogP contribution in [-0.2, 0) is 4.79 Å². The predicted octanol–water partition coefficient (Wildman–Crippen LogP) is 1.62. The Morgan fingerprint density at radius 3 is 2.50 bits per heavy atom. The van der Waals surface area contributed by atoms with E-state index in [2.05, 4.69) is 10.3 Å². The molecule has 5 nitrogen and oxygen atoms in total. The average molecular weight is 248 g/mol. The van der Waals surface area contributed by atoms with Crippen molar-refractivity contribution in [1.82, 2.24) is 10.3 Å². The van der Waals surface area contributed by atoms with Gasteiger partial charge in [0.05, 0.1) is 0 Å². The topological polar surface area (TPSA) is 79.3 Å². The molecule has 1 rings (SSSR count). The van der Waals surface area contributed by atoms with E-state index in [1.165, 1.54) is 24.5 Å². The van der Waals surface area contributed by atoms with E-state index in [0.717, 1.165) is 5.57 Å². The van der Waals surface area contributed by atoms with Crippen molar-refractivity contribution in [2.45, 2.75) is 26.3 Å². The number of carbonyl (C=O) groups excluding carboxylic acids is 1. The van der Waals surface area contributed by atoms with Crippen molar-refractivity contribution in [2.75, 3.05) is 0 Å². The second kappa shape index (κ2) is 6.54. The second-order valence-electron chi connectivity index (χ2n) is 4.12. The number of rotatable bonds is 5. The number of carboxylic acid groups (broad SMARTS) is 1. The Bertz CT molecular complexity index is 451. The molecular weight excluding hydrogens is 232 g/mol. The van der Waals surface area contributed by atoms with Gasteiger partial charge >= 0.3 is 5.97 Å². The summed E-state index contributed by atoms with van der Waals surface area (Å²) in [5.74, 6) is -1.46. The summed E-state index contributed by atoms with van der Waals surface area (Å²) >= 11 is 0. The molecule has 1 aromatic rings. The summed E-state index contributed by atoms with van der Waals surface area (Å²) in [6.45, 7) is 3.76. The number of allylic oxidation sites excluding steroid dienone is 1. The molecule has 18 heavy (non-hydrogen) atoms. The number of hydrogen-bond acceptors (Lipinski definition) is 3. The number of nitrogens with one attached hydrogen (secondary N) is 1. The van der Waals surface area contributed by atoms with Gasteiger partial charge in [0, 0.05) is 18.0 Å². The molecule has 0 saturated carbocycles. The third-order valence-corrected chi connectivity index (χ3v) is 2.31. The van der Waals surface area contributed by atoms with Gasteiger partial charge < -0.3 is 10.4 Å². The Morgan fingerprint density at radius 1 is 1.39 bits per heavy atom. The van der Waals surface area contributed by atoms with Gasteiger partial charge in [-0.1, -0.05) is 11.6 Å². The minimum Gasteiger partial charge on any atom is -0.480 e. The molecule has 1 aromatic heterocycles. The van der Waals surface area contributed by atoms with Gasteiger partial charge in [0.15, 0.2) is 0 Å². The lowest BCUT2D eigenvalue weighted by molar-refractivity contribution is -0.139. The summed E-state index contributed by atoms with van der Waals surface area (Å²) in [5.41, 5.74) is 1.41. The maximum atomic E-state index is 11.8. The highest BCUT2D eigenvalue weighted by molar-refractivity contribution is 5.96. The van der Waals surface area contributed by atoms with E-state index in [-0.39, 0.29) is 6.42 Å². The van der Waals surface area contributed by atoms with Crippen molar-refractivity contribution in [3.05, 3.63) is 41.7 Å².